The number of benzene rings is 2. The molecule has 0 saturated heterocycles. The van der Waals surface area contributed by atoms with Crippen LogP contribution in [0.25, 0.3) is 0 Å². The van der Waals surface area contributed by atoms with Crippen LogP contribution < -0.4 is 9.47 Å². The summed E-state index contributed by atoms with van der Waals surface area (Å²) in [5, 5.41) is 18.6. The number of nitrogens with zero attached hydrogens (tertiary/aromatic N) is 1. The molecular formula is C17H15ClFNO3. The van der Waals surface area contributed by atoms with Crippen LogP contribution in [0.1, 0.15) is 5.56 Å². The first kappa shape index (κ1) is 17.1. The quantitative estimate of drug-likeness (QED) is 0.842. The second kappa shape index (κ2) is 8.37. The molecule has 2 rings (SSSR count). The standard InChI is InChI=1S/C17H15ClFNO3/c18-16-9-13(19)3-6-17(16)23-11-14(21)10-22-15-4-1-12(2-5-15)7-8-20/h1-6,9,14,21H,7,10-11H2. The van der Waals surface area contributed by atoms with Crippen molar-refractivity contribution in [3.8, 4) is 17.6 Å². The van der Waals surface area contributed by atoms with E-state index in [-0.39, 0.29) is 18.2 Å². The number of halogens is 2. The second-order valence-corrected chi connectivity index (χ2v) is 5.24. The van der Waals surface area contributed by atoms with Gasteiger partial charge in [0.25, 0.3) is 0 Å². The molecule has 0 aliphatic carbocycles. The van der Waals surface area contributed by atoms with E-state index in [1.807, 2.05) is 0 Å². The molecule has 1 atom stereocenters. The van der Waals surface area contributed by atoms with Gasteiger partial charge in [-0.3, -0.25) is 0 Å². The van der Waals surface area contributed by atoms with E-state index < -0.39 is 11.9 Å². The summed E-state index contributed by atoms with van der Waals surface area (Å²) in [5.74, 6) is 0.435. The normalized spacial score (nSPS) is 11.6. The van der Waals surface area contributed by atoms with Gasteiger partial charge in [-0.1, -0.05) is 23.7 Å². The van der Waals surface area contributed by atoms with Crippen molar-refractivity contribution >= 4 is 11.6 Å². The Morgan fingerprint density at radius 1 is 1.13 bits per heavy atom. The van der Waals surface area contributed by atoms with Gasteiger partial charge < -0.3 is 14.6 Å². The van der Waals surface area contributed by atoms with Crippen molar-refractivity contribution in [2.75, 3.05) is 13.2 Å². The SMILES string of the molecule is N#CCc1ccc(OCC(O)COc2ccc(F)cc2Cl)cc1. The Labute approximate surface area is 138 Å². The van der Waals surface area contributed by atoms with Gasteiger partial charge >= 0.3 is 0 Å². The summed E-state index contributed by atoms with van der Waals surface area (Å²) >= 11 is 5.83. The molecule has 0 aliphatic heterocycles. The fourth-order valence-electron chi connectivity index (χ4n) is 1.81. The first-order valence-corrected chi connectivity index (χ1v) is 7.31. The molecule has 1 N–H and O–H groups in total. The highest BCUT2D eigenvalue weighted by Gasteiger charge is 2.09. The van der Waals surface area contributed by atoms with Crippen LogP contribution in [0.5, 0.6) is 11.5 Å². The maximum Gasteiger partial charge on any atom is 0.138 e. The lowest BCUT2D eigenvalue weighted by Crippen LogP contribution is -2.25. The second-order valence-electron chi connectivity index (χ2n) is 4.83. The number of hydrogen-bond donors (Lipinski definition) is 1. The molecule has 0 amide bonds. The monoisotopic (exact) mass is 335 g/mol. The van der Waals surface area contributed by atoms with E-state index in [1.165, 1.54) is 12.1 Å². The smallest absolute Gasteiger partial charge is 0.138 e. The molecule has 0 aromatic heterocycles. The van der Waals surface area contributed by atoms with Crippen molar-refractivity contribution in [2.24, 2.45) is 0 Å². The zero-order valence-electron chi connectivity index (χ0n) is 12.2. The topological polar surface area (TPSA) is 62.5 Å². The van der Waals surface area contributed by atoms with Crippen LogP contribution in [0.3, 0.4) is 0 Å². The summed E-state index contributed by atoms with van der Waals surface area (Å²) in [6, 6.07) is 12.9. The number of hydrogen-bond acceptors (Lipinski definition) is 4. The van der Waals surface area contributed by atoms with E-state index in [0.717, 1.165) is 11.6 Å². The summed E-state index contributed by atoms with van der Waals surface area (Å²) < 4.78 is 23.7. The molecule has 0 heterocycles. The Morgan fingerprint density at radius 3 is 2.48 bits per heavy atom. The van der Waals surface area contributed by atoms with Crippen molar-refractivity contribution in [3.05, 3.63) is 58.9 Å². The zero-order valence-corrected chi connectivity index (χ0v) is 13.0. The lowest BCUT2D eigenvalue weighted by Gasteiger charge is -2.14. The van der Waals surface area contributed by atoms with Gasteiger partial charge in [-0.2, -0.15) is 5.26 Å². The Kier molecular flexibility index (Phi) is 6.21. The third-order valence-corrected chi connectivity index (χ3v) is 3.27. The molecule has 0 fully saturated rings. The van der Waals surface area contributed by atoms with Crippen molar-refractivity contribution < 1.29 is 19.0 Å². The van der Waals surface area contributed by atoms with Crippen molar-refractivity contribution in [3.63, 3.8) is 0 Å². The van der Waals surface area contributed by atoms with Crippen LogP contribution in [-0.4, -0.2) is 24.4 Å². The molecule has 6 heteroatoms. The van der Waals surface area contributed by atoms with E-state index in [9.17, 15) is 9.50 Å². The van der Waals surface area contributed by atoms with Crippen LogP contribution >= 0.6 is 11.6 Å². The molecule has 0 bridgehead atoms. The van der Waals surface area contributed by atoms with Crippen molar-refractivity contribution in [1.29, 1.82) is 5.26 Å². The number of rotatable bonds is 7. The highest BCUT2D eigenvalue weighted by atomic mass is 35.5. The average molecular weight is 336 g/mol. The average Bonchev–Trinajstić information content (AvgIpc) is 2.54. The summed E-state index contributed by atoms with van der Waals surface area (Å²) in [6.45, 7) is 0.00821. The van der Waals surface area contributed by atoms with Crippen LogP contribution in [0.2, 0.25) is 5.02 Å². The zero-order chi connectivity index (χ0) is 16.7. The largest absolute Gasteiger partial charge is 0.491 e. The van der Waals surface area contributed by atoms with Gasteiger partial charge in [0, 0.05) is 0 Å². The molecule has 2 aromatic carbocycles. The lowest BCUT2D eigenvalue weighted by molar-refractivity contribution is 0.0626. The maximum atomic E-state index is 12.9. The van der Waals surface area contributed by atoms with Gasteiger partial charge in [-0.05, 0) is 35.9 Å². The number of aliphatic hydroxyl groups is 1. The van der Waals surface area contributed by atoms with Crippen molar-refractivity contribution in [1.82, 2.24) is 0 Å². The fraction of sp³-hybridized carbons (Fsp3) is 0.235. The minimum absolute atomic E-state index is 0.0299. The molecule has 23 heavy (non-hydrogen) atoms. The first-order valence-electron chi connectivity index (χ1n) is 6.93. The maximum absolute atomic E-state index is 12.9. The molecule has 4 nitrogen and oxygen atoms in total. The molecule has 0 radical (unpaired) electrons. The van der Waals surface area contributed by atoms with E-state index in [2.05, 4.69) is 6.07 Å². The number of ether oxygens (including phenoxy) is 2. The molecular weight excluding hydrogens is 321 g/mol. The van der Waals surface area contributed by atoms with Crippen LogP contribution in [0.15, 0.2) is 42.5 Å². The Balaban J connectivity index is 1.78. The van der Waals surface area contributed by atoms with Gasteiger partial charge in [0.05, 0.1) is 17.5 Å². The lowest BCUT2D eigenvalue weighted by atomic mass is 10.2. The minimum atomic E-state index is -0.866. The molecule has 0 aliphatic rings. The highest BCUT2D eigenvalue weighted by Crippen LogP contribution is 2.25. The third-order valence-electron chi connectivity index (χ3n) is 2.97. The van der Waals surface area contributed by atoms with Crippen LogP contribution in [0, 0.1) is 17.1 Å². The molecule has 2 aromatic rings. The molecule has 0 saturated carbocycles. The molecule has 0 spiro atoms. The third kappa shape index (κ3) is 5.44. The summed E-state index contributed by atoms with van der Waals surface area (Å²) in [4.78, 5) is 0. The first-order chi connectivity index (χ1) is 11.1. The molecule has 120 valence electrons. The summed E-state index contributed by atoms with van der Waals surface area (Å²) in [6.07, 6.45) is -0.523. The van der Waals surface area contributed by atoms with E-state index in [4.69, 9.17) is 26.3 Å². The Morgan fingerprint density at radius 2 is 1.83 bits per heavy atom. The predicted molar refractivity (Wildman–Crippen MR) is 84.2 cm³/mol. The van der Waals surface area contributed by atoms with Gasteiger partial charge in [0.15, 0.2) is 0 Å². The summed E-state index contributed by atoms with van der Waals surface area (Å²) in [5.41, 5.74) is 0.898. The summed E-state index contributed by atoms with van der Waals surface area (Å²) in [7, 11) is 0. The van der Waals surface area contributed by atoms with E-state index in [1.54, 1.807) is 24.3 Å². The van der Waals surface area contributed by atoms with E-state index >= 15 is 0 Å². The van der Waals surface area contributed by atoms with Crippen LogP contribution in [-0.2, 0) is 6.42 Å². The van der Waals surface area contributed by atoms with Gasteiger partial charge in [0.2, 0.25) is 0 Å². The molecule has 1 unspecified atom stereocenters. The van der Waals surface area contributed by atoms with Crippen LogP contribution in [0.4, 0.5) is 4.39 Å². The highest BCUT2D eigenvalue weighted by molar-refractivity contribution is 6.32. The number of nitriles is 1. The van der Waals surface area contributed by atoms with Crippen molar-refractivity contribution in [2.45, 2.75) is 12.5 Å². The predicted octanol–water partition coefficient (Wildman–Crippen LogP) is 3.36. The van der Waals surface area contributed by atoms with Gasteiger partial charge in [-0.25, -0.2) is 4.39 Å². The minimum Gasteiger partial charge on any atom is -0.491 e. The number of aliphatic hydroxyl groups excluding tert-OH is 1. The Hall–Kier alpha value is -2.29. The van der Waals surface area contributed by atoms with Gasteiger partial charge in [0.1, 0.15) is 36.6 Å². The fourth-order valence-corrected chi connectivity index (χ4v) is 2.04. The van der Waals surface area contributed by atoms with E-state index in [0.29, 0.717) is 17.9 Å². The Bertz CT molecular complexity index is 685. The van der Waals surface area contributed by atoms with Gasteiger partial charge in [-0.15, -0.1) is 0 Å².